The van der Waals surface area contributed by atoms with Crippen LogP contribution in [0.3, 0.4) is 0 Å². The third-order valence-electron chi connectivity index (χ3n) is 5.38. The van der Waals surface area contributed by atoms with Gasteiger partial charge in [0.05, 0.1) is 12.6 Å². The van der Waals surface area contributed by atoms with E-state index in [0.717, 1.165) is 30.5 Å². The zero-order chi connectivity index (χ0) is 19.6. The van der Waals surface area contributed by atoms with E-state index in [4.69, 9.17) is 0 Å². The molecule has 3 aromatic carbocycles. The number of aliphatic hydroxyl groups excluding tert-OH is 1. The van der Waals surface area contributed by atoms with E-state index in [1.807, 2.05) is 30.3 Å². The maximum atomic E-state index is 13.2. The quantitative estimate of drug-likeness (QED) is 0.408. The minimum Gasteiger partial charge on any atom is -0.387 e. The van der Waals surface area contributed by atoms with Crippen molar-refractivity contribution >= 4 is 54.1 Å². The van der Waals surface area contributed by atoms with E-state index in [-0.39, 0.29) is 18.4 Å². The van der Waals surface area contributed by atoms with Crippen LogP contribution in [0, 0.1) is 0 Å². The molecule has 138 valence electrons. The fourth-order valence-corrected chi connectivity index (χ4v) is 5.09. The molecular weight excluding hydrogens is 370 g/mol. The van der Waals surface area contributed by atoms with Crippen molar-refractivity contribution in [1.29, 1.82) is 0 Å². The van der Waals surface area contributed by atoms with E-state index < -0.39 is 6.10 Å². The van der Waals surface area contributed by atoms with Gasteiger partial charge in [-0.05, 0) is 25.1 Å². The topological polar surface area (TPSA) is 57.6 Å². The number of rotatable bonds is 3. The summed E-state index contributed by atoms with van der Waals surface area (Å²) < 4.78 is 2.23. The van der Waals surface area contributed by atoms with Gasteiger partial charge in [0.25, 0.3) is 11.8 Å². The molecule has 1 N–H and O–H groups in total. The van der Waals surface area contributed by atoms with Gasteiger partial charge in [-0.1, -0.05) is 42.5 Å². The van der Waals surface area contributed by atoms with Gasteiger partial charge in [-0.25, -0.2) is 0 Å². The summed E-state index contributed by atoms with van der Waals surface area (Å²) in [5, 5.41) is 13.9. The van der Waals surface area contributed by atoms with Gasteiger partial charge in [-0.2, -0.15) is 0 Å². The molecule has 0 saturated carbocycles. The summed E-state index contributed by atoms with van der Waals surface area (Å²) in [5.74, 6) is -0.741. The number of aliphatic hydroxyl groups is 1. The standard InChI is InChI=1S/C23H17NO3S/c1-12(2)18(25)11-24-22(26)15-8-5-7-14-20(15)17(23(24)27)10-16-13-6-3-4-9-19(13)28-21(14)16/h3-10,18,25H,1,11H2,2H3. The summed E-state index contributed by atoms with van der Waals surface area (Å²) in [7, 11) is 0. The van der Waals surface area contributed by atoms with Crippen LogP contribution in [0.1, 0.15) is 27.6 Å². The van der Waals surface area contributed by atoms with Crippen molar-refractivity contribution < 1.29 is 14.7 Å². The molecule has 1 aromatic heterocycles. The highest BCUT2D eigenvalue weighted by molar-refractivity contribution is 7.26. The van der Waals surface area contributed by atoms with Gasteiger partial charge in [0, 0.05) is 42.1 Å². The Hall–Kier alpha value is -3.02. The van der Waals surface area contributed by atoms with Gasteiger partial charge < -0.3 is 5.11 Å². The highest BCUT2D eigenvalue weighted by atomic mass is 32.1. The minimum atomic E-state index is -0.945. The molecule has 0 saturated heterocycles. The van der Waals surface area contributed by atoms with E-state index in [1.165, 1.54) is 0 Å². The Morgan fingerprint density at radius 1 is 1.04 bits per heavy atom. The Bertz CT molecular complexity index is 1330. The number of benzene rings is 3. The monoisotopic (exact) mass is 387 g/mol. The van der Waals surface area contributed by atoms with Gasteiger partial charge >= 0.3 is 0 Å². The van der Waals surface area contributed by atoms with E-state index in [9.17, 15) is 14.7 Å². The number of amides is 2. The van der Waals surface area contributed by atoms with Gasteiger partial charge in [0.2, 0.25) is 0 Å². The molecular formula is C23H17NO3S. The Morgan fingerprint density at radius 2 is 1.75 bits per heavy atom. The number of thiophene rings is 1. The Morgan fingerprint density at radius 3 is 2.54 bits per heavy atom. The van der Waals surface area contributed by atoms with Gasteiger partial charge in [-0.3, -0.25) is 14.5 Å². The van der Waals surface area contributed by atoms with Gasteiger partial charge in [0.1, 0.15) is 0 Å². The lowest BCUT2D eigenvalue weighted by Crippen LogP contribution is -2.44. The zero-order valence-corrected chi connectivity index (χ0v) is 16.0. The van der Waals surface area contributed by atoms with E-state index in [1.54, 1.807) is 24.3 Å². The molecule has 0 bridgehead atoms. The number of carbonyl (C=O) groups excluding carboxylic acids is 2. The lowest BCUT2D eigenvalue weighted by Gasteiger charge is -2.29. The molecule has 28 heavy (non-hydrogen) atoms. The van der Waals surface area contributed by atoms with Crippen LogP contribution >= 0.6 is 11.3 Å². The minimum absolute atomic E-state index is 0.0920. The third-order valence-corrected chi connectivity index (χ3v) is 6.60. The predicted molar refractivity (Wildman–Crippen MR) is 113 cm³/mol. The predicted octanol–water partition coefficient (Wildman–Crippen LogP) is 4.74. The number of imide groups is 1. The Labute approximate surface area is 165 Å². The number of fused-ring (bicyclic) bond motifs is 4. The second-order valence-electron chi connectivity index (χ2n) is 7.21. The van der Waals surface area contributed by atoms with Crippen molar-refractivity contribution in [2.45, 2.75) is 13.0 Å². The third kappa shape index (κ3) is 2.27. The van der Waals surface area contributed by atoms with E-state index in [2.05, 4.69) is 18.7 Å². The maximum Gasteiger partial charge on any atom is 0.261 e. The smallest absolute Gasteiger partial charge is 0.261 e. The molecule has 4 nitrogen and oxygen atoms in total. The second-order valence-corrected chi connectivity index (χ2v) is 8.26. The van der Waals surface area contributed by atoms with Crippen molar-refractivity contribution in [3.05, 3.63) is 71.8 Å². The zero-order valence-electron chi connectivity index (χ0n) is 15.2. The van der Waals surface area contributed by atoms with Crippen LogP contribution in [0.5, 0.6) is 0 Å². The normalized spacial score (nSPS) is 15.0. The second kappa shape index (κ2) is 5.99. The van der Waals surface area contributed by atoms with Crippen molar-refractivity contribution in [2.24, 2.45) is 0 Å². The van der Waals surface area contributed by atoms with Gasteiger partial charge in [0.15, 0.2) is 0 Å². The molecule has 0 fully saturated rings. The first kappa shape index (κ1) is 17.1. The van der Waals surface area contributed by atoms with E-state index in [0.29, 0.717) is 22.1 Å². The Balaban J connectivity index is 1.82. The van der Waals surface area contributed by atoms with Crippen LogP contribution in [0.25, 0.3) is 30.9 Å². The molecule has 0 aliphatic carbocycles. The lowest BCUT2D eigenvalue weighted by molar-refractivity contribution is 0.0535. The molecule has 2 heterocycles. The Kier molecular flexibility index (Phi) is 3.66. The van der Waals surface area contributed by atoms with Crippen LogP contribution in [-0.4, -0.2) is 34.5 Å². The first-order valence-corrected chi connectivity index (χ1v) is 9.85. The fourth-order valence-electron chi connectivity index (χ4n) is 3.88. The van der Waals surface area contributed by atoms with Crippen LogP contribution in [0.4, 0.5) is 0 Å². The number of hydrogen-bond acceptors (Lipinski definition) is 4. The number of β-amino-alcohol motifs (C(OH)–C–C–N with tert-alkyl or cyclic N) is 1. The number of nitrogens with zero attached hydrogens (tertiary/aromatic N) is 1. The van der Waals surface area contributed by atoms with Crippen molar-refractivity contribution in [1.82, 2.24) is 4.90 Å². The summed E-state index contributed by atoms with van der Waals surface area (Å²) in [4.78, 5) is 27.4. The van der Waals surface area contributed by atoms with Gasteiger partial charge in [-0.15, -0.1) is 11.3 Å². The first-order chi connectivity index (χ1) is 13.5. The van der Waals surface area contributed by atoms with E-state index >= 15 is 0 Å². The highest BCUT2D eigenvalue weighted by Gasteiger charge is 2.35. The summed E-state index contributed by atoms with van der Waals surface area (Å²) >= 11 is 1.67. The first-order valence-electron chi connectivity index (χ1n) is 9.04. The SMILES string of the molecule is C=C(C)C(O)CN1C(=O)c2cccc3c2c(cc2c4ccccc4sc32)C1=O. The van der Waals surface area contributed by atoms with Crippen LogP contribution < -0.4 is 0 Å². The molecule has 2 amide bonds. The molecule has 0 spiro atoms. The summed E-state index contributed by atoms with van der Waals surface area (Å²) in [6.07, 6.45) is -0.945. The highest BCUT2D eigenvalue weighted by Crippen LogP contribution is 2.42. The average Bonchev–Trinajstić information content (AvgIpc) is 3.07. The largest absolute Gasteiger partial charge is 0.387 e. The maximum absolute atomic E-state index is 13.2. The van der Waals surface area contributed by atoms with Crippen molar-refractivity contribution in [3.8, 4) is 0 Å². The van der Waals surface area contributed by atoms with Crippen LogP contribution in [-0.2, 0) is 0 Å². The number of carbonyl (C=O) groups is 2. The molecule has 1 aliphatic rings. The molecule has 1 atom stereocenters. The summed E-state index contributed by atoms with van der Waals surface area (Å²) in [5.41, 5.74) is 1.53. The molecule has 1 unspecified atom stereocenters. The van der Waals surface area contributed by atoms with Crippen LogP contribution in [0.2, 0.25) is 0 Å². The molecule has 5 rings (SSSR count). The summed E-state index contributed by atoms with van der Waals surface area (Å²) in [6, 6.07) is 15.6. The molecule has 0 radical (unpaired) electrons. The average molecular weight is 387 g/mol. The molecule has 4 aromatic rings. The summed E-state index contributed by atoms with van der Waals surface area (Å²) in [6.45, 7) is 5.31. The van der Waals surface area contributed by atoms with Crippen LogP contribution in [0.15, 0.2) is 60.7 Å². The van der Waals surface area contributed by atoms with Crippen molar-refractivity contribution in [2.75, 3.05) is 6.54 Å². The lowest BCUT2D eigenvalue weighted by atomic mass is 9.92. The fraction of sp³-hybridized carbons (Fsp3) is 0.130. The molecule has 5 heteroatoms. The number of hydrogen-bond donors (Lipinski definition) is 1. The van der Waals surface area contributed by atoms with Crippen molar-refractivity contribution in [3.63, 3.8) is 0 Å². The molecule has 1 aliphatic heterocycles.